The van der Waals surface area contributed by atoms with E-state index in [1.54, 1.807) is 60.6 Å². The van der Waals surface area contributed by atoms with Crippen molar-refractivity contribution in [2.24, 2.45) is 5.92 Å². The summed E-state index contributed by atoms with van der Waals surface area (Å²) in [6.07, 6.45) is 5.45. The molecule has 0 heterocycles. The van der Waals surface area contributed by atoms with Gasteiger partial charge in [-0.25, -0.2) is 23.3 Å². The van der Waals surface area contributed by atoms with Gasteiger partial charge in [-0.05, 0) is 108 Å². The van der Waals surface area contributed by atoms with Gasteiger partial charge in [0.15, 0.2) is 0 Å². The first-order valence-electron chi connectivity index (χ1n) is 13.5. The molecule has 2 aliphatic rings. The highest BCUT2D eigenvalue weighted by Crippen LogP contribution is 2.43. The summed E-state index contributed by atoms with van der Waals surface area (Å²) in [6.45, 7) is 17.2. The van der Waals surface area contributed by atoms with E-state index in [1.165, 1.54) is 12.1 Å². The topological polar surface area (TPSA) is 55.8 Å². The first kappa shape index (κ1) is 31.6. The average Bonchev–Trinajstić information content (AvgIpc) is 3.16. The quantitative estimate of drug-likeness (QED) is 0.328. The fraction of sp³-hybridized carbons (Fsp3) is 0.500. The first-order chi connectivity index (χ1) is 18.2. The number of carbonyl (C=O) groups is 2. The molecule has 3 rings (SSSR count). The molecule has 2 atom stereocenters. The molecule has 1 unspecified atom stereocenters. The summed E-state index contributed by atoms with van der Waals surface area (Å²) in [7, 11) is 0. The summed E-state index contributed by atoms with van der Waals surface area (Å²) >= 11 is 6.16. The number of allylic oxidation sites excluding steroid dienone is 6. The third-order valence-corrected chi connectivity index (χ3v) is 6.85. The number of rotatable bonds is 5. The number of hydrogen-bond donors (Lipinski definition) is 0. The van der Waals surface area contributed by atoms with Crippen LogP contribution in [0.2, 0.25) is 5.02 Å². The van der Waals surface area contributed by atoms with Crippen LogP contribution in [-0.2, 0) is 9.47 Å². The second-order valence-electron chi connectivity index (χ2n) is 12.6. The van der Waals surface area contributed by atoms with Crippen LogP contribution >= 0.6 is 11.6 Å². The highest BCUT2D eigenvalue weighted by Gasteiger charge is 2.44. The normalized spacial score (nSPS) is 19.8. The molecule has 8 heteroatoms. The summed E-state index contributed by atoms with van der Waals surface area (Å²) in [6, 6.07) is 4.46. The van der Waals surface area contributed by atoms with Gasteiger partial charge in [0.2, 0.25) is 0 Å². The van der Waals surface area contributed by atoms with E-state index < -0.39 is 35.4 Å². The van der Waals surface area contributed by atoms with Crippen LogP contribution < -0.4 is 0 Å². The minimum absolute atomic E-state index is 0.136. The Balaban J connectivity index is 1.90. The van der Waals surface area contributed by atoms with Crippen LogP contribution in [0.3, 0.4) is 0 Å². The van der Waals surface area contributed by atoms with E-state index in [9.17, 15) is 18.4 Å². The SMILES string of the molecule is C=C(/C=C(/c1cc(C)cc(Cl)c1)C(C)(F)F)C1=CC[C@H]2C(=C1)CCC2N(C(=O)OC(C)(C)C)C(=O)OC(C)(C)C. The van der Waals surface area contributed by atoms with E-state index in [0.717, 1.165) is 28.5 Å². The van der Waals surface area contributed by atoms with E-state index in [-0.39, 0.29) is 11.5 Å². The standard InChI is InChI=1S/C32H40ClF2NO4/c1-19-14-23(18-24(33)15-19)26(32(9,34)35)16-20(2)21-10-12-25-22(17-21)11-13-27(25)36(28(37)39-30(3,4)5)29(38)40-31(6,7)8/h10,14-18,25,27H,2,11-13H2,1,3-9H3/b26-16-/t25-,27?/m0/s1. The molecule has 2 aliphatic carbocycles. The van der Waals surface area contributed by atoms with Crippen molar-refractivity contribution in [3.63, 3.8) is 0 Å². The Morgan fingerprint density at radius 2 is 1.60 bits per heavy atom. The number of benzene rings is 1. The van der Waals surface area contributed by atoms with E-state index in [2.05, 4.69) is 6.58 Å². The average molecular weight is 576 g/mol. The first-order valence-corrected chi connectivity index (χ1v) is 13.9. The second-order valence-corrected chi connectivity index (χ2v) is 13.1. The van der Waals surface area contributed by atoms with Crippen molar-refractivity contribution < 1.29 is 27.8 Å². The molecular weight excluding hydrogens is 536 g/mol. The van der Waals surface area contributed by atoms with Crippen LogP contribution in [-0.4, -0.2) is 40.3 Å². The van der Waals surface area contributed by atoms with Gasteiger partial charge < -0.3 is 9.47 Å². The monoisotopic (exact) mass is 575 g/mol. The Morgan fingerprint density at radius 1 is 1.02 bits per heavy atom. The van der Waals surface area contributed by atoms with Gasteiger partial charge in [0.1, 0.15) is 11.2 Å². The van der Waals surface area contributed by atoms with Gasteiger partial charge >= 0.3 is 12.2 Å². The van der Waals surface area contributed by atoms with Crippen LogP contribution in [0.4, 0.5) is 18.4 Å². The number of amides is 2. The summed E-state index contributed by atoms with van der Waals surface area (Å²) < 4.78 is 40.6. The Kier molecular flexibility index (Phi) is 9.10. The Labute approximate surface area is 241 Å². The molecule has 40 heavy (non-hydrogen) atoms. The number of imide groups is 1. The number of hydrogen-bond acceptors (Lipinski definition) is 4. The zero-order chi connectivity index (χ0) is 30.2. The zero-order valence-electron chi connectivity index (χ0n) is 24.7. The number of aryl methyl sites for hydroxylation is 1. The molecule has 0 aromatic heterocycles. The molecule has 1 aromatic carbocycles. The largest absolute Gasteiger partial charge is 0.443 e. The molecule has 0 aliphatic heterocycles. The molecule has 0 spiro atoms. The number of ether oxygens (including phenoxy) is 2. The van der Waals surface area contributed by atoms with Gasteiger partial charge in [0.25, 0.3) is 5.92 Å². The van der Waals surface area contributed by atoms with Gasteiger partial charge in [-0.15, -0.1) is 0 Å². The third kappa shape index (κ3) is 8.06. The molecule has 5 nitrogen and oxygen atoms in total. The van der Waals surface area contributed by atoms with Gasteiger partial charge in [0, 0.05) is 23.4 Å². The van der Waals surface area contributed by atoms with Gasteiger partial charge in [-0.2, -0.15) is 0 Å². The number of halogens is 3. The van der Waals surface area contributed by atoms with Crippen LogP contribution in [0.1, 0.15) is 78.9 Å². The van der Waals surface area contributed by atoms with Crippen LogP contribution in [0.25, 0.3) is 5.57 Å². The number of alkyl halides is 2. The van der Waals surface area contributed by atoms with Gasteiger partial charge in [-0.1, -0.05) is 42.0 Å². The lowest BCUT2D eigenvalue weighted by Gasteiger charge is -2.35. The maximum absolute atomic E-state index is 14.7. The fourth-order valence-corrected chi connectivity index (χ4v) is 5.35. The summed E-state index contributed by atoms with van der Waals surface area (Å²) in [5.41, 5.74) is 1.56. The molecule has 0 N–H and O–H groups in total. The van der Waals surface area contributed by atoms with Crippen molar-refractivity contribution in [3.05, 3.63) is 75.9 Å². The maximum Gasteiger partial charge on any atom is 0.420 e. The predicted octanol–water partition coefficient (Wildman–Crippen LogP) is 9.45. The molecule has 1 aromatic rings. The minimum Gasteiger partial charge on any atom is -0.443 e. The molecule has 0 bridgehead atoms. The van der Waals surface area contributed by atoms with Crippen molar-refractivity contribution in [2.75, 3.05) is 0 Å². The van der Waals surface area contributed by atoms with E-state index in [4.69, 9.17) is 21.1 Å². The van der Waals surface area contributed by atoms with E-state index in [0.29, 0.717) is 35.4 Å². The van der Waals surface area contributed by atoms with E-state index >= 15 is 0 Å². The van der Waals surface area contributed by atoms with Crippen molar-refractivity contribution in [2.45, 2.75) is 97.8 Å². The molecule has 218 valence electrons. The van der Waals surface area contributed by atoms with Gasteiger partial charge in [-0.3, -0.25) is 0 Å². The summed E-state index contributed by atoms with van der Waals surface area (Å²) in [5.74, 6) is -3.26. The molecule has 1 saturated carbocycles. The second kappa shape index (κ2) is 11.5. The molecule has 0 radical (unpaired) electrons. The molecular formula is C32H40ClF2NO4. The summed E-state index contributed by atoms with van der Waals surface area (Å²) in [5, 5.41) is 0.383. The third-order valence-electron chi connectivity index (χ3n) is 6.63. The van der Waals surface area contributed by atoms with Crippen LogP contribution in [0, 0.1) is 12.8 Å². The predicted molar refractivity (Wildman–Crippen MR) is 156 cm³/mol. The smallest absolute Gasteiger partial charge is 0.420 e. The van der Waals surface area contributed by atoms with Gasteiger partial charge in [0.05, 0.1) is 6.04 Å². The number of carbonyl (C=O) groups excluding carboxylic acids is 2. The fourth-order valence-electron chi connectivity index (χ4n) is 5.06. The van der Waals surface area contributed by atoms with Crippen LogP contribution in [0.15, 0.2) is 59.7 Å². The van der Waals surface area contributed by atoms with Crippen molar-refractivity contribution >= 4 is 29.4 Å². The van der Waals surface area contributed by atoms with Crippen LogP contribution in [0.5, 0.6) is 0 Å². The summed E-state index contributed by atoms with van der Waals surface area (Å²) in [4.78, 5) is 27.5. The van der Waals surface area contributed by atoms with E-state index in [1.807, 2.05) is 12.2 Å². The van der Waals surface area contributed by atoms with Crippen molar-refractivity contribution in [1.82, 2.24) is 4.90 Å². The number of fused-ring (bicyclic) bond motifs is 1. The Morgan fingerprint density at radius 3 is 2.10 bits per heavy atom. The maximum atomic E-state index is 14.7. The highest BCUT2D eigenvalue weighted by atomic mass is 35.5. The minimum atomic E-state index is -3.12. The lowest BCUT2D eigenvalue weighted by Crippen LogP contribution is -2.50. The van der Waals surface area contributed by atoms with Crippen molar-refractivity contribution in [1.29, 1.82) is 0 Å². The highest BCUT2D eigenvalue weighted by molar-refractivity contribution is 6.30. The molecule has 0 saturated heterocycles. The lowest BCUT2D eigenvalue weighted by molar-refractivity contribution is -0.0101. The lowest BCUT2D eigenvalue weighted by atomic mass is 9.85. The zero-order valence-corrected chi connectivity index (χ0v) is 25.4. The Bertz CT molecular complexity index is 1230. The number of nitrogens with zero attached hydrogens (tertiary/aromatic N) is 1. The van der Waals surface area contributed by atoms with Crippen molar-refractivity contribution in [3.8, 4) is 0 Å². The molecule has 2 amide bonds. The Hall–Kier alpha value is -2.93. The molecule has 1 fully saturated rings.